The van der Waals surface area contributed by atoms with Crippen LogP contribution in [0.3, 0.4) is 0 Å². The van der Waals surface area contributed by atoms with E-state index in [4.69, 9.17) is 4.74 Å². The van der Waals surface area contributed by atoms with Gasteiger partial charge in [0, 0.05) is 25.7 Å². The average Bonchev–Trinajstić information content (AvgIpc) is 3.42. The Hall–Kier alpha value is -1.72. The molecule has 3 atom stereocenters. The van der Waals surface area contributed by atoms with Gasteiger partial charge in [0.1, 0.15) is 11.7 Å². The molecule has 1 aliphatic rings. The molecule has 0 spiro atoms. The lowest BCUT2D eigenvalue weighted by atomic mass is 9.93. The van der Waals surface area contributed by atoms with Crippen LogP contribution in [0.1, 0.15) is 37.3 Å². The van der Waals surface area contributed by atoms with Crippen molar-refractivity contribution in [3.05, 3.63) is 71.8 Å². The minimum Gasteiger partial charge on any atom is -0.396 e. The molecule has 1 saturated heterocycles. The number of ether oxygens (including phenoxy) is 1. The third kappa shape index (κ3) is 4.96. The van der Waals surface area contributed by atoms with Gasteiger partial charge in [-0.1, -0.05) is 74.0 Å². The van der Waals surface area contributed by atoms with Crippen molar-refractivity contribution in [1.29, 1.82) is 0 Å². The lowest BCUT2D eigenvalue weighted by molar-refractivity contribution is 0.116. The zero-order chi connectivity index (χ0) is 19.1. The van der Waals surface area contributed by atoms with Crippen LogP contribution in [0.2, 0.25) is 0 Å². The summed E-state index contributed by atoms with van der Waals surface area (Å²) in [4.78, 5) is 2.39. The standard InChI is InChI=1S/C23H31NO3/c1-2-14-23(18-26)22(27-23)21(13-15-25)24(16-19-9-5-3-6-10-19)17-20-11-7-4-8-12-20/h3-12,21-22,25-26H,2,13-18H2,1H3. The van der Waals surface area contributed by atoms with Gasteiger partial charge in [0.15, 0.2) is 0 Å². The molecule has 4 nitrogen and oxygen atoms in total. The van der Waals surface area contributed by atoms with Crippen LogP contribution in [0, 0.1) is 0 Å². The van der Waals surface area contributed by atoms with Crippen molar-refractivity contribution in [2.45, 2.75) is 57.0 Å². The van der Waals surface area contributed by atoms with Crippen molar-refractivity contribution in [3.8, 4) is 0 Å². The largest absolute Gasteiger partial charge is 0.396 e. The topological polar surface area (TPSA) is 56.2 Å². The second kappa shape index (κ2) is 9.47. The summed E-state index contributed by atoms with van der Waals surface area (Å²) >= 11 is 0. The maximum Gasteiger partial charge on any atom is 0.119 e. The number of hydrogen-bond acceptors (Lipinski definition) is 4. The lowest BCUT2D eigenvalue weighted by Crippen LogP contribution is -2.42. The molecule has 1 heterocycles. The molecule has 2 aromatic rings. The fraction of sp³-hybridized carbons (Fsp3) is 0.478. The van der Waals surface area contributed by atoms with E-state index in [1.54, 1.807) is 0 Å². The van der Waals surface area contributed by atoms with E-state index < -0.39 is 5.60 Å². The monoisotopic (exact) mass is 369 g/mol. The Morgan fingerprint density at radius 1 is 0.963 bits per heavy atom. The van der Waals surface area contributed by atoms with Crippen LogP contribution < -0.4 is 0 Å². The van der Waals surface area contributed by atoms with Crippen LogP contribution in [0.5, 0.6) is 0 Å². The molecule has 27 heavy (non-hydrogen) atoms. The molecule has 2 aromatic carbocycles. The predicted molar refractivity (Wildman–Crippen MR) is 107 cm³/mol. The predicted octanol–water partition coefficient (Wildman–Crippen LogP) is 3.37. The molecule has 0 aromatic heterocycles. The Bertz CT molecular complexity index is 637. The molecule has 0 bridgehead atoms. The Balaban J connectivity index is 1.83. The second-order valence-corrected chi connectivity index (χ2v) is 7.47. The molecule has 0 radical (unpaired) electrons. The van der Waals surface area contributed by atoms with Crippen molar-refractivity contribution in [3.63, 3.8) is 0 Å². The Kier molecular flexibility index (Phi) is 7.02. The SMILES string of the molecule is CCCC1(CO)OC1C(CCO)N(Cc1ccccc1)Cc1ccccc1. The van der Waals surface area contributed by atoms with E-state index in [2.05, 4.69) is 60.4 Å². The summed E-state index contributed by atoms with van der Waals surface area (Å²) in [5.41, 5.74) is 2.03. The fourth-order valence-electron chi connectivity index (χ4n) is 4.06. The first kappa shape index (κ1) is 20.0. The van der Waals surface area contributed by atoms with E-state index in [-0.39, 0.29) is 25.4 Å². The lowest BCUT2D eigenvalue weighted by Gasteiger charge is -2.32. The third-order valence-electron chi connectivity index (χ3n) is 5.46. The van der Waals surface area contributed by atoms with Crippen LogP contribution >= 0.6 is 0 Å². The van der Waals surface area contributed by atoms with Gasteiger partial charge >= 0.3 is 0 Å². The van der Waals surface area contributed by atoms with Crippen LogP contribution in [0.25, 0.3) is 0 Å². The highest BCUT2D eigenvalue weighted by atomic mass is 16.6. The highest BCUT2D eigenvalue weighted by Gasteiger charge is 2.59. The maximum atomic E-state index is 9.93. The Morgan fingerprint density at radius 2 is 1.52 bits per heavy atom. The molecular formula is C23H31NO3. The number of nitrogens with zero attached hydrogens (tertiary/aromatic N) is 1. The van der Waals surface area contributed by atoms with Gasteiger partial charge in [-0.05, 0) is 24.0 Å². The van der Waals surface area contributed by atoms with Crippen LogP contribution in [-0.2, 0) is 17.8 Å². The van der Waals surface area contributed by atoms with E-state index >= 15 is 0 Å². The number of rotatable bonds is 11. The molecule has 1 fully saturated rings. The van der Waals surface area contributed by atoms with Crippen LogP contribution in [-0.4, -0.2) is 46.1 Å². The normalized spacial score (nSPS) is 22.7. The Morgan fingerprint density at radius 3 is 1.96 bits per heavy atom. The number of hydrogen-bond donors (Lipinski definition) is 2. The minimum absolute atomic E-state index is 0.0396. The molecule has 2 N–H and O–H groups in total. The molecule has 4 heteroatoms. The molecule has 3 rings (SSSR count). The summed E-state index contributed by atoms with van der Waals surface area (Å²) in [6.07, 6.45) is 2.42. The number of aliphatic hydroxyl groups is 2. The van der Waals surface area contributed by atoms with Gasteiger partial charge in [0.25, 0.3) is 0 Å². The van der Waals surface area contributed by atoms with Crippen molar-refractivity contribution in [2.24, 2.45) is 0 Å². The van der Waals surface area contributed by atoms with Gasteiger partial charge in [-0.25, -0.2) is 0 Å². The Labute approximate surface area is 162 Å². The van der Waals surface area contributed by atoms with Crippen molar-refractivity contribution in [2.75, 3.05) is 13.2 Å². The number of epoxide rings is 1. The molecule has 1 aliphatic heterocycles. The first-order valence-electron chi connectivity index (χ1n) is 9.94. The zero-order valence-electron chi connectivity index (χ0n) is 16.1. The van der Waals surface area contributed by atoms with Crippen molar-refractivity contribution < 1.29 is 14.9 Å². The molecule has 0 saturated carbocycles. The van der Waals surface area contributed by atoms with E-state index in [9.17, 15) is 10.2 Å². The van der Waals surface area contributed by atoms with Gasteiger partial charge in [0.05, 0.1) is 6.61 Å². The molecule has 3 unspecified atom stereocenters. The zero-order valence-corrected chi connectivity index (χ0v) is 16.1. The van der Waals surface area contributed by atoms with Crippen LogP contribution in [0.4, 0.5) is 0 Å². The van der Waals surface area contributed by atoms with Crippen molar-refractivity contribution >= 4 is 0 Å². The van der Waals surface area contributed by atoms with Gasteiger partial charge < -0.3 is 14.9 Å². The van der Waals surface area contributed by atoms with Crippen molar-refractivity contribution in [1.82, 2.24) is 4.90 Å². The molecular weight excluding hydrogens is 338 g/mol. The van der Waals surface area contributed by atoms with E-state index in [0.717, 1.165) is 25.9 Å². The van der Waals surface area contributed by atoms with Gasteiger partial charge in [0.2, 0.25) is 0 Å². The quantitative estimate of drug-likeness (QED) is 0.596. The van der Waals surface area contributed by atoms with E-state index in [0.29, 0.717) is 6.42 Å². The van der Waals surface area contributed by atoms with E-state index in [1.807, 2.05) is 12.1 Å². The highest BCUT2D eigenvalue weighted by molar-refractivity contribution is 5.19. The number of benzene rings is 2. The summed E-state index contributed by atoms with van der Waals surface area (Å²) in [6.45, 7) is 3.83. The molecule has 0 amide bonds. The van der Waals surface area contributed by atoms with Crippen LogP contribution in [0.15, 0.2) is 60.7 Å². The molecule has 146 valence electrons. The average molecular weight is 370 g/mol. The third-order valence-corrected chi connectivity index (χ3v) is 5.46. The van der Waals surface area contributed by atoms with Gasteiger partial charge in [-0.3, -0.25) is 4.90 Å². The molecule has 0 aliphatic carbocycles. The van der Waals surface area contributed by atoms with Gasteiger partial charge in [-0.15, -0.1) is 0 Å². The second-order valence-electron chi connectivity index (χ2n) is 7.47. The first-order chi connectivity index (χ1) is 13.2. The summed E-state index contributed by atoms with van der Waals surface area (Å²) < 4.78 is 6.06. The summed E-state index contributed by atoms with van der Waals surface area (Å²) in [5.74, 6) is 0. The minimum atomic E-state index is -0.444. The maximum absolute atomic E-state index is 9.93. The summed E-state index contributed by atoms with van der Waals surface area (Å²) in [6, 6.07) is 20.9. The number of aliphatic hydroxyl groups excluding tert-OH is 2. The summed E-state index contributed by atoms with van der Waals surface area (Å²) in [5, 5.41) is 19.7. The highest BCUT2D eigenvalue weighted by Crippen LogP contribution is 2.45. The van der Waals surface area contributed by atoms with Gasteiger partial charge in [-0.2, -0.15) is 0 Å². The smallest absolute Gasteiger partial charge is 0.119 e. The first-order valence-corrected chi connectivity index (χ1v) is 9.94. The van der Waals surface area contributed by atoms with E-state index in [1.165, 1.54) is 11.1 Å². The summed E-state index contributed by atoms with van der Waals surface area (Å²) in [7, 11) is 0. The fourth-order valence-corrected chi connectivity index (χ4v) is 4.06.